The van der Waals surface area contributed by atoms with Gasteiger partial charge in [0.2, 0.25) is 0 Å². The Hall–Kier alpha value is -4.86. The first-order chi connectivity index (χ1) is 16.7. The van der Waals surface area contributed by atoms with Gasteiger partial charge in [0.1, 0.15) is 23.3 Å². The molecule has 0 fully saturated rings. The molecule has 5 aromatic rings. The molecule has 34 heavy (non-hydrogen) atoms. The van der Waals surface area contributed by atoms with Crippen LogP contribution in [-0.4, -0.2) is 42.0 Å². The summed E-state index contributed by atoms with van der Waals surface area (Å²) in [6.07, 6.45) is 11.1. The van der Waals surface area contributed by atoms with Crippen LogP contribution in [0, 0.1) is 5.82 Å². The van der Waals surface area contributed by atoms with Gasteiger partial charge in [0.15, 0.2) is 11.6 Å². The molecule has 1 aliphatic heterocycles. The molecule has 0 saturated carbocycles. The number of halogens is 1. The second kappa shape index (κ2) is 7.93. The van der Waals surface area contributed by atoms with Crippen LogP contribution in [0.15, 0.2) is 71.4 Å². The van der Waals surface area contributed by atoms with E-state index in [4.69, 9.17) is 10.7 Å². The summed E-state index contributed by atoms with van der Waals surface area (Å²) in [4.78, 5) is 33.7. The Morgan fingerprint density at radius 3 is 2.71 bits per heavy atom. The van der Waals surface area contributed by atoms with E-state index in [1.165, 1.54) is 18.7 Å². The highest BCUT2D eigenvalue weighted by molar-refractivity contribution is 6.16. The van der Waals surface area contributed by atoms with E-state index in [0.717, 1.165) is 11.1 Å². The number of nitrogens with one attached hydrogen (secondary N) is 1. The molecule has 0 spiro atoms. The maximum Gasteiger partial charge on any atom is 0.159 e. The van der Waals surface area contributed by atoms with Gasteiger partial charge in [-0.15, -0.1) is 0 Å². The lowest BCUT2D eigenvalue weighted by molar-refractivity contribution is 0.620. The molecule has 0 atom stereocenters. The van der Waals surface area contributed by atoms with Crippen LogP contribution < -0.4 is 5.73 Å². The predicted molar refractivity (Wildman–Crippen MR) is 127 cm³/mol. The molecule has 6 heterocycles. The number of nitrogens with zero attached hydrogens (tertiary/aromatic N) is 7. The van der Waals surface area contributed by atoms with E-state index >= 15 is 4.39 Å². The Bertz CT molecular complexity index is 1610. The van der Waals surface area contributed by atoms with Gasteiger partial charge >= 0.3 is 0 Å². The Labute approximate surface area is 192 Å². The number of fused-ring (bicyclic) bond motifs is 2. The standard InChI is InChI=1S/C24H16FN9/c25-19-18-15(10-31-20(19)14-6-16(26)11-28-8-14)9-29-12-32-23(18)24-33-17-3-5-30-21(22(17)34-24)13-2-1-4-27-7-13/h1-8,10-12H,9,26H2,(H,33,34). The van der Waals surface area contributed by atoms with Crippen molar-refractivity contribution in [1.82, 2.24) is 29.9 Å². The maximum atomic E-state index is 16.0. The molecule has 0 aliphatic carbocycles. The lowest BCUT2D eigenvalue weighted by atomic mass is 10.0. The summed E-state index contributed by atoms with van der Waals surface area (Å²) in [7, 11) is 0. The minimum absolute atomic E-state index is 0.127. The molecule has 9 nitrogen and oxygen atoms in total. The third-order valence-electron chi connectivity index (χ3n) is 5.46. The zero-order valence-electron chi connectivity index (χ0n) is 17.6. The van der Waals surface area contributed by atoms with E-state index < -0.39 is 5.82 Å². The van der Waals surface area contributed by atoms with Crippen molar-refractivity contribution < 1.29 is 4.39 Å². The van der Waals surface area contributed by atoms with Gasteiger partial charge in [0.05, 0.1) is 23.4 Å². The van der Waals surface area contributed by atoms with Crippen LogP contribution in [0.3, 0.4) is 0 Å². The second-order valence-electron chi connectivity index (χ2n) is 7.64. The number of hydrogen-bond donors (Lipinski definition) is 2. The number of aromatic amines is 1. The highest BCUT2D eigenvalue weighted by Gasteiger charge is 2.25. The fourth-order valence-corrected chi connectivity index (χ4v) is 3.93. The third kappa shape index (κ3) is 3.28. The lowest BCUT2D eigenvalue weighted by Crippen LogP contribution is -2.13. The fraction of sp³-hybridized carbons (Fsp3) is 0.0417. The number of H-pyrrole nitrogens is 1. The first-order valence-electron chi connectivity index (χ1n) is 10.4. The number of aliphatic imine (C=N–C) groups is 2. The molecule has 6 rings (SSSR count). The van der Waals surface area contributed by atoms with Gasteiger partial charge in [-0.05, 0) is 24.3 Å². The molecular weight excluding hydrogens is 433 g/mol. The molecule has 0 aromatic carbocycles. The molecule has 164 valence electrons. The quantitative estimate of drug-likeness (QED) is 0.433. The van der Waals surface area contributed by atoms with E-state index in [1.807, 2.05) is 18.2 Å². The number of pyridine rings is 4. The lowest BCUT2D eigenvalue weighted by Gasteiger charge is -2.12. The molecule has 0 saturated heterocycles. The van der Waals surface area contributed by atoms with Crippen molar-refractivity contribution in [3.05, 3.63) is 84.2 Å². The molecule has 1 aliphatic rings. The summed E-state index contributed by atoms with van der Waals surface area (Å²) in [5.41, 5.74) is 10.9. The van der Waals surface area contributed by atoms with Crippen molar-refractivity contribution in [3.8, 4) is 22.5 Å². The number of hydrogen-bond acceptors (Lipinski definition) is 8. The zero-order chi connectivity index (χ0) is 23.1. The van der Waals surface area contributed by atoms with Crippen LogP contribution in [0.5, 0.6) is 0 Å². The number of nitrogen functional groups attached to an aromatic ring is 1. The second-order valence-corrected chi connectivity index (χ2v) is 7.64. The summed E-state index contributed by atoms with van der Waals surface area (Å²) < 4.78 is 16.0. The van der Waals surface area contributed by atoms with Crippen molar-refractivity contribution in [3.63, 3.8) is 0 Å². The van der Waals surface area contributed by atoms with Crippen LogP contribution in [0.4, 0.5) is 10.1 Å². The van der Waals surface area contributed by atoms with Gasteiger partial charge < -0.3 is 10.7 Å². The van der Waals surface area contributed by atoms with E-state index in [1.54, 1.807) is 30.9 Å². The first-order valence-corrected chi connectivity index (χ1v) is 10.4. The number of aromatic nitrogens is 6. The number of anilines is 1. The number of imidazole rings is 1. The van der Waals surface area contributed by atoms with E-state index in [2.05, 4.69) is 34.9 Å². The topological polar surface area (TPSA) is 131 Å². The summed E-state index contributed by atoms with van der Waals surface area (Å²) in [6, 6.07) is 7.18. The smallest absolute Gasteiger partial charge is 0.159 e. The van der Waals surface area contributed by atoms with Gasteiger partial charge in [-0.1, -0.05) is 0 Å². The molecular formula is C24H16FN9. The normalized spacial score (nSPS) is 12.9. The molecule has 0 amide bonds. The maximum absolute atomic E-state index is 16.0. The average molecular weight is 449 g/mol. The van der Waals surface area contributed by atoms with Crippen molar-refractivity contribution in [1.29, 1.82) is 0 Å². The van der Waals surface area contributed by atoms with Crippen molar-refractivity contribution >= 4 is 28.8 Å². The van der Waals surface area contributed by atoms with Gasteiger partial charge in [-0.25, -0.2) is 14.4 Å². The van der Waals surface area contributed by atoms with Crippen LogP contribution in [0.1, 0.15) is 17.0 Å². The Kier molecular flexibility index (Phi) is 4.61. The van der Waals surface area contributed by atoms with Crippen LogP contribution in [-0.2, 0) is 6.54 Å². The fourth-order valence-electron chi connectivity index (χ4n) is 3.93. The molecule has 10 heteroatoms. The molecule has 3 N–H and O–H groups in total. The zero-order valence-corrected chi connectivity index (χ0v) is 17.6. The van der Waals surface area contributed by atoms with Gasteiger partial charge in [-0.2, -0.15) is 0 Å². The largest absolute Gasteiger partial charge is 0.397 e. The van der Waals surface area contributed by atoms with Crippen molar-refractivity contribution in [2.24, 2.45) is 9.98 Å². The molecule has 0 radical (unpaired) electrons. The van der Waals surface area contributed by atoms with Gasteiger partial charge in [0, 0.05) is 59.4 Å². The van der Waals surface area contributed by atoms with Crippen LogP contribution >= 0.6 is 0 Å². The Balaban J connectivity index is 1.54. The highest BCUT2D eigenvalue weighted by atomic mass is 19.1. The number of rotatable bonds is 3. The van der Waals surface area contributed by atoms with Gasteiger partial charge in [-0.3, -0.25) is 24.9 Å². The Morgan fingerprint density at radius 1 is 0.941 bits per heavy atom. The van der Waals surface area contributed by atoms with Crippen molar-refractivity contribution in [2.75, 3.05) is 5.73 Å². The minimum atomic E-state index is -0.541. The predicted octanol–water partition coefficient (Wildman–Crippen LogP) is 3.58. The first kappa shape index (κ1) is 19.8. The molecule has 0 bridgehead atoms. The van der Waals surface area contributed by atoms with E-state index in [0.29, 0.717) is 39.6 Å². The minimum Gasteiger partial charge on any atom is -0.397 e. The third-order valence-corrected chi connectivity index (χ3v) is 5.46. The summed E-state index contributed by atoms with van der Waals surface area (Å²) in [6.45, 7) is 0.241. The molecule has 0 unspecified atom stereocenters. The van der Waals surface area contributed by atoms with Gasteiger partial charge in [0.25, 0.3) is 0 Å². The number of nitrogens with two attached hydrogens (primary N) is 1. The van der Waals surface area contributed by atoms with Crippen LogP contribution in [0.2, 0.25) is 0 Å². The summed E-state index contributed by atoms with van der Waals surface area (Å²) >= 11 is 0. The average Bonchev–Trinajstić information content (AvgIpc) is 3.17. The summed E-state index contributed by atoms with van der Waals surface area (Å²) in [5.74, 6) is -0.148. The highest BCUT2D eigenvalue weighted by Crippen LogP contribution is 2.30. The monoisotopic (exact) mass is 449 g/mol. The van der Waals surface area contributed by atoms with E-state index in [9.17, 15) is 0 Å². The van der Waals surface area contributed by atoms with Crippen LogP contribution in [0.25, 0.3) is 33.5 Å². The van der Waals surface area contributed by atoms with E-state index in [-0.39, 0.29) is 17.8 Å². The van der Waals surface area contributed by atoms with Crippen molar-refractivity contribution in [2.45, 2.75) is 6.54 Å². The summed E-state index contributed by atoms with van der Waals surface area (Å²) in [5, 5.41) is 0. The molecule has 5 aromatic heterocycles. The Morgan fingerprint density at radius 2 is 1.85 bits per heavy atom. The SMILES string of the molecule is Nc1cncc(-c2ncc3c(c2F)C(c2nc4c(-c5cccnc5)nccc4[nH]2)=NC=NC3)c1.